The molecule has 2 atom stereocenters. The van der Waals surface area contributed by atoms with Gasteiger partial charge in [0.25, 0.3) is 0 Å². The maximum atomic E-state index is 12.9. The zero-order valence-electron chi connectivity index (χ0n) is 21.3. The first-order chi connectivity index (χ1) is 16.7. The van der Waals surface area contributed by atoms with Crippen molar-refractivity contribution < 1.29 is 10.2 Å². The lowest BCUT2D eigenvalue weighted by atomic mass is 9.55. The minimum absolute atomic E-state index is 0.642. The molecule has 6 heteroatoms. The van der Waals surface area contributed by atoms with Gasteiger partial charge in [-0.2, -0.15) is 0 Å². The van der Waals surface area contributed by atoms with E-state index in [9.17, 15) is 10.2 Å². The molecule has 2 bridgehead atoms. The Bertz CT molecular complexity index is 1460. The molecule has 0 radical (unpaired) electrons. The SMILES string of the molecule is C[Si](C)(C)C#Cc1ccc(C#C[Si](C)(C)C)c2c1C1(O)c3ccccc3C2(O)c2c(Br)ccc(Br)c21. The molecule has 0 fully saturated rings. The minimum Gasteiger partial charge on any atom is -0.376 e. The predicted octanol–water partition coefficient (Wildman–Crippen LogP) is 6.86. The van der Waals surface area contributed by atoms with Gasteiger partial charge in [0, 0.05) is 42.3 Å². The fourth-order valence-electron chi connectivity index (χ4n) is 5.23. The maximum absolute atomic E-state index is 12.9. The van der Waals surface area contributed by atoms with Crippen LogP contribution in [0.4, 0.5) is 0 Å². The summed E-state index contributed by atoms with van der Waals surface area (Å²) >= 11 is 7.42. The highest BCUT2D eigenvalue weighted by Crippen LogP contribution is 2.63. The molecule has 3 aromatic rings. The van der Waals surface area contributed by atoms with Crippen molar-refractivity contribution in [1.82, 2.24) is 0 Å². The van der Waals surface area contributed by atoms with Crippen molar-refractivity contribution in [3.63, 3.8) is 0 Å². The molecule has 2 N–H and O–H groups in total. The van der Waals surface area contributed by atoms with Crippen molar-refractivity contribution in [3.05, 3.63) is 102 Å². The van der Waals surface area contributed by atoms with Crippen molar-refractivity contribution >= 4 is 48.0 Å². The standard InChI is InChI=1S/C30H28Br2O2Si2/c1-35(2,3)17-15-19-11-12-20(16-18-36(4,5)6)26-25(19)29(33)21-9-7-8-10-22(21)30(26,34)28-24(32)14-13-23(31)27(28)29/h7-14,33-34H,1-6H3. The van der Waals surface area contributed by atoms with Gasteiger partial charge in [-0.3, -0.25) is 0 Å². The molecule has 2 unspecified atom stereocenters. The van der Waals surface area contributed by atoms with Crippen LogP contribution >= 0.6 is 31.9 Å². The van der Waals surface area contributed by atoms with Gasteiger partial charge in [0.2, 0.25) is 0 Å². The quantitative estimate of drug-likeness (QED) is 0.209. The monoisotopic (exact) mass is 634 g/mol. The molecular weight excluding hydrogens is 608 g/mol. The van der Waals surface area contributed by atoms with Crippen LogP contribution in [0, 0.1) is 22.9 Å². The first-order valence-electron chi connectivity index (χ1n) is 12.0. The summed E-state index contributed by atoms with van der Waals surface area (Å²) in [4.78, 5) is 0. The van der Waals surface area contributed by atoms with Gasteiger partial charge in [-0.05, 0) is 35.4 Å². The van der Waals surface area contributed by atoms with E-state index >= 15 is 0 Å². The third-order valence-corrected chi connectivity index (χ3v) is 9.68. The van der Waals surface area contributed by atoms with E-state index in [0.717, 1.165) is 20.1 Å². The normalized spacial score (nSPS) is 21.4. The second-order valence-electron chi connectivity index (χ2n) is 11.7. The van der Waals surface area contributed by atoms with Gasteiger partial charge in [-0.15, -0.1) is 11.1 Å². The average molecular weight is 637 g/mol. The molecule has 3 aliphatic carbocycles. The van der Waals surface area contributed by atoms with Crippen LogP contribution in [-0.2, 0) is 11.2 Å². The molecule has 0 aliphatic heterocycles. The van der Waals surface area contributed by atoms with Crippen LogP contribution in [0.5, 0.6) is 0 Å². The van der Waals surface area contributed by atoms with Crippen LogP contribution in [0.2, 0.25) is 39.3 Å². The Morgan fingerprint density at radius 2 is 0.944 bits per heavy atom. The number of hydrogen-bond acceptors (Lipinski definition) is 2. The first kappa shape index (κ1) is 25.7. The summed E-state index contributed by atoms with van der Waals surface area (Å²) in [6.07, 6.45) is 0. The van der Waals surface area contributed by atoms with Gasteiger partial charge in [0.15, 0.2) is 0 Å². The Hall–Kier alpha value is -1.91. The van der Waals surface area contributed by atoms with Crippen LogP contribution in [-0.4, -0.2) is 26.4 Å². The third-order valence-electron chi connectivity index (χ3n) is 6.61. The zero-order chi connectivity index (χ0) is 26.3. The molecule has 0 saturated heterocycles. The van der Waals surface area contributed by atoms with Gasteiger partial charge in [0.05, 0.1) is 0 Å². The van der Waals surface area contributed by atoms with Gasteiger partial charge in [-0.25, -0.2) is 0 Å². The molecule has 0 heterocycles. The molecule has 3 aliphatic rings. The number of benzene rings is 3. The Kier molecular flexibility index (Phi) is 5.93. The summed E-state index contributed by atoms with van der Waals surface area (Å²) in [5, 5.41) is 25.8. The summed E-state index contributed by atoms with van der Waals surface area (Å²) in [5.74, 6) is 6.82. The predicted molar refractivity (Wildman–Crippen MR) is 159 cm³/mol. The Balaban J connectivity index is 2.02. The van der Waals surface area contributed by atoms with Crippen LogP contribution in [0.3, 0.4) is 0 Å². The summed E-state index contributed by atoms with van der Waals surface area (Å²) in [6, 6.07) is 15.4. The number of hydrogen-bond donors (Lipinski definition) is 2. The molecule has 6 rings (SSSR count). The third kappa shape index (κ3) is 3.74. The van der Waals surface area contributed by atoms with E-state index in [1.54, 1.807) is 0 Å². The summed E-state index contributed by atoms with van der Waals surface area (Å²) in [6.45, 7) is 13.2. The van der Waals surface area contributed by atoms with Crippen molar-refractivity contribution in [2.75, 3.05) is 0 Å². The van der Waals surface area contributed by atoms with Gasteiger partial charge in [-0.1, -0.05) is 107 Å². The van der Waals surface area contributed by atoms with Crippen molar-refractivity contribution in [1.29, 1.82) is 0 Å². The second-order valence-corrected chi connectivity index (χ2v) is 22.9. The molecule has 0 aromatic heterocycles. The molecular formula is C30H28Br2O2Si2. The first-order valence-corrected chi connectivity index (χ1v) is 20.6. The van der Waals surface area contributed by atoms with E-state index in [4.69, 9.17) is 0 Å². The fraction of sp³-hybridized carbons (Fsp3) is 0.267. The van der Waals surface area contributed by atoms with Crippen LogP contribution in [0.25, 0.3) is 0 Å². The van der Waals surface area contributed by atoms with E-state index in [1.165, 1.54) is 0 Å². The average Bonchev–Trinajstić information content (AvgIpc) is 2.79. The van der Waals surface area contributed by atoms with Crippen LogP contribution in [0.15, 0.2) is 57.5 Å². The molecule has 36 heavy (non-hydrogen) atoms. The van der Waals surface area contributed by atoms with E-state index in [1.807, 2.05) is 48.5 Å². The second kappa shape index (κ2) is 8.30. The van der Waals surface area contributed by atoms with Crippen molar-refractivity contribution in [3.8, 4) is 22.9 Å². The molecule has 3 aromatic carbocycles. The summed E-state index contributed by atoms with van der Waals surface area (Å²) < 4.78 is 1.48. The van der Waals surface area contributed by atoms with Crippen molar-refractivity contribution in [2.24, 2.45) is 0 Å². The summed E-state index contributed by atoms with van der Waals surface area (Å²) in [5.41, 5.74) is 9.35. The Morgan fingerprint density at radius 3 is 1.28 bits per heavy atom. The topological polar surface area (TPSA) is 40.5 Å². The molecule has 2 nitrogen and oxygen atoms in total. The highest BCUT2D eigenvalue weighted by atomic mass is 79.9. The molecule has 182 valence electrons. The lowest BCUT2D eigenvalue weighted by molar-refractivity contribution is 0.0478. The van der Waals surface area contributed by atoms with E-state index in [2.05, 4.69) is 94.1 Å². The summed E-state index contributed by atoms with van der Waals surface area (Å²) in [7, 11) is -3.42. The van der Waals surface area contributed by atoms with Gasteiger partial charge in [0.1, 0.15) is 27.3 Å². The van der Waals surface area contributed by atoms with Crippen LogP contribution < -0.4 is 0 Å². The number of aliphatic hydroxyl groups is 2. The van der Waals surface area contributed by atoms with Crippen LogP contribution in [0.1, 0.15) is 44.5 Å². The zero-order valence-corrected chi connectivity index (χ0v) is 26.4. The number of halogens is 2. The van der Waals surface area contributed by atoms with E-state index < -0.39 is 27.3 Å². The molecule has 0 spiro atoms. The largest absolute Gasteiger partial charge is 0.376 e. The van der Waals surface area contributed by atoms with Gasteiger partial charge < -0.3 is 10.2 Å². The van der Waals surface area contributed by atoms with Gasteiger partial charge >= 0.3 is 0 Å². The lowest BCUT2D eigenvalue weighted by Crippen LogP contribution is -2.52. The lowest BCUT2D eigenvalue weighted by Gasteiger charge is -2.53. The minimum atomic E-state index is -1.71. The van der Waals surface area contributed by atoms with Crippen molar-refractivity contribution in [2.45, 2.75) is 50.5 Å². The van der Waals surface area contributed by atoms with E-state index in [0.29, 0.717) is 33.4 Å². The number of rotatable bonds is 0. The Morgan fingerprint density at radius 1 is 0.583 bits per heavy atom. The highest BCUT2D eigenvalue weighted by molar-refractivity contribution is 9.11. The Labute approximate surface area is 232 Å². The maximum Gasteiger partial charge on any atom is 0.144 e. The smallest absolute Gasteiger partial charge is 0.144 e. The molecule has 0 saturated carbocycles. The fourth-order valence-corrected chi connectivity index (χ4v) is 7.49. The van der Waals surface area contributed by atoms with E-state index in [-0.39, 0.29) is 0 Å². The molecule has 0 amide bonds. The highest BCUT2D eigenvalue weighted by Gasteiger charge is 2.61.